The Morgan fingerprint density at radius 1 is 0.160 bits per heavy atom. The highest BCUT2D eigenvalue weighted by Crippen LogP contribution is 2.53. The van der Waals surface area contributed by atoms with Crippen molar-refractivity contribution in [2.45, 2.75) is 0 Å². The number of para-hydroxylation sites is 5. The molecule has 1 aromatic heterocycles. The van der Waals surface area contributed by atoms with Crippen molar-refractivity contribution in [3.05, 3.63) is 528 Å². The molecule has 1 heterocycles. The van der Waals surface area contributed by atoms with E-state index in [1.165, 1.54) is 139 Å². The smallest absolute Gasteiger partial charge is 0.257 e. The zero-order chi connectivity index (χ0) is 86.8. The Bertz CT molecular complexity index is 7690. The third-order valence-electron chi connectivity index (χ3n) is 27.0. The normalized spacial score (nSPS) is 11.8. The Labute approximate surface area is 763 Å². The van der Waals surface area contributed by atoms with Gasteiger partial charge in [-0.2, -0.15) is 0 Å². The Hall–Kier alpha value is -16.7. The SMILES string of the molecule is c1ccc(N(c2c3ccccc3c(N(c3ccccc3)[Si](c3ccccc3)(c3ccccc3)c3ccccc3)c3ccccc23)[Si](c2ccccc2)(c2ccccc2)c2ccccc2)cc1.c1ccc(N(c2ccc3c(c2)c2cc(N(c4ccccc4)c4ccc5ccc6cccc7ccc4c5c67)ccc2n3-c2ccccc2)c2ccc3ccc4cccc5ccc2c3c45)cc1. The van der Waals surface area contributed by atoms with Gasteiger partial charge in [-0.05, 0) is 194 Å². The van der Waals surface area contributed by atoms with E-state index in [9.17, 15) is 0 Å². The van der Waals surface area contributed by atoms with Crippen molar-refractivity contribution in [2.24, 2.45) is 0 Å². The molecule has 7 heteroatoms. The molecule has 0 aliphatic heterocycles. The Kier molecular flexibility index (Phi) is 19.6. The van der Waals surface area contributed by atoms with Gasteiger partial charge in [-0.25, -0.2) is 0 Å². The van der Waals surface area contributed by atoms with Crippen molar-refractivity contribution in [2.75, 3.05) is 18.9 Å². The summed E-state index contributed by atoms with van der Waals surface area (Å²) in [5.74, 6) is 0. The molecule has 0 radical (unpaired) electrons. The summed E-state index contributed by atoms with van der Waals surface area (Å²) >= 11 is 0. The van der Waals surface area contributed by atoms with Crippen LogP contribution in [-0.4, -0.2) is 21.0 Å². The number of hydrogen-bond acceptors (Lipinski definition) is 4. The van der Waals surface area contributed by atoms with E-state index in [1.807, 2.05) is 0 Å². The lowest BCUT2D eigenvalue weighted by Crippen LogP contribution is -2.76. The first-order chi connectivity index (χ1) is 65.1. The summed E-state index contributed by atoms with van der Waals surface area (Å²) in [6.07, 6.45) is 0. The Morgan fingerprint density at radius 2 is 0.405 bits per heavy atom. The van der Waals surface area contributed by atoms with Crippen LogP contribution in [0.5, 0.6) is 0 Å². The highest BCUT2D eigenvalue weighted by Gasteiger charge is 2.51. The van der Waals surface area contributed by atoms with E-state index >= 15 is 0 Å². The van der Waals surface area contributed by atoms with E-state index in [0.717, 1.165) is 62.2 Å². The molecule has 0 aliphatic rings. The van der Waals surface area contributed by atoms with Gasteiger partial charge in [0.2, 0.25) is 0 Å². The number of aromatic nitrogens is 1. The van der Waals surface area contributed by atoms with Crippen LogP contribution in [0.4, 0.5) is 56.9 Å². The largest absolute Gasteiger partial charge is 0.355 e. The lowest BCUT2D eigenvalue weighted by molar-refractivity contribution is 1.18. The molecule has 25 rings (SSSR count). The maximum absolute atomic E-state index is 3.24. The van der Waals surface area contributed by atoms with Gasteiger partial charge in [0, 0.05) is 94.3 Å². The van der Waals surface area contributed by atoms with Crippen LogP contribution in [-0.2, 0) is 0 Å². The first-order valence-electron chi connectivity index (χ1n) is 45.2. The van der Waals surface area contributed by atoms with E-state index in [4.69, 9.17) is 0 Å². The van der Waals surface area contributed by atoms with Crippen LogP contribution in [0.3, 0.4) is 0 Å². The average Bonchev–Trinajstić information content (AvgIpc) is 0.931. The minimum absolute atomic E-state index is 1.10. The second-order valence-corrected chi connectivity index (χ2v) is 41.2. The molecule has 0 atom stereocenters. The summed E-state index contributed by atoms with van der Waals surface area (Å²) in [4.78, 5) is 4.89. The van der Waals surface area contributed by atoms with Crippen molar-refractivity contribution in [3.8, 4) is 5.69 Å². The molecule has 0 unspecified atom stereocenters. The number of anilines is 10. The molecule has 131 heavy (non-hydrogen) atoms. The third kappa shape index (κ3) is 12.9. The van der Waals surface area contributed by atoms with Crippen molar-refractivity contribution < 1.29 is 0 Å². The van der Waals surface area contributed by atoms with Crippen LogP contribution in [0.1, 0.15) is 0 Å². The van der Waals surface area contributed by atoms with E-state index in [2.05, 4.69) is 551 Å². The summed E-state index contributed by atoms with van der Waals surface area (Å²) in [5.41, 5.74) is 14.8. The zero-order valence-electron chi connectivity index (χ0n) is 72.0. The standard InChI is InChI=1S/C62H39N3.C62H48N2Si2/c1-4-16-46(17-5-1)63(55-34-28-44-24-22-40-12-10-14-42-26-32-51(55)61(44)59(40)42)49-30-36-57-53(38-49)54-39-50(31-37-58(54)65(57)48-20-8-3-9-21-48)64(47-18-6-2-7-19-47)56-35-29-45-25-23-41-13-11-15-43-27-33-52(56)62(45)60(41)43;1-9-29-49(30-10-1)63(65(51-33-13-3-14-34-51,52-35-15-4-16-36-52)53-37-17-5-18-38-53)61-57-45-25-27-47-59(57)62(60-48-28-26-46-58(60)61)64(50-31-11-2-12-32-50)66(54-39-19-6-20-40-54,55-41-21-7-22-42-55)56-43-23-8-24-44-56/h1-39H;1-48H. The van der Waals surface area contributed by atoms with Gasteiger partial charge < -0.3 is 23.5 Å². The maximum atomic E-state index is 2.78. The molecule has 0 saturated heterocycles. The fraction of sp³-hybridized carbons (Fsp3) is 0. The minimum atomic E-state index is -3.24. The molecule has 0 N–H and O–H groups in total. The molecule has 0 amide bonds. The minimum Gasteiger partial charge on any atom is -0.355 e. The van der Waals surface area contributed by atoms with Crippen molar-refractivity contribution in [3.63, 3.8) is 0 Å². The predicted molar refractivity (Wildman–Crippen MR) is 564 cm³/mol. The summed E-state index contributed by atoms with van der Waals surface area (Å²) in [6.45, 7) is 0. The van der Waals surface area contributed by atoms with Gasteiger partial charge in [0.1, 0.15) is 0 Å². The summed E-state index contributed by atoms with van der Waals surface area (Å²) in [5, 5.41) is 30.2. The van der Waals surface area contributed by atoms with E-state index in [0.29, 0.717) is 0 Å². The highest BCUT2D eigenvalue weighted by molar-refractivity contribution is 7.15. The lowest BCUT2D eigenvalue weighted by Gasteiger charge is -2.48. The molecule has 0 spiro atoms. The molecule has 0 aliphatic carbocycles. The zero-order valence-corrected chi connectivity index (χ0v) is 74.0. The van der Waals surface area contributed by atoms with Gasteiger partial charge in [-0.15, -0.1) is 0 Å². The van der Waals surface area contributed by atoms with Crippen LogP contribution < -0.4 is 50.1 Å². The Balaban J connectivity index is 0.000000145. The van der Waals surface area contributed by atoms with Crippen LogP contribution in [0.15, 0.2) is 528 Å². The van der Waals surface area contributed by atoms with Gasteiger partial charge in [-0.3, -0.25) is 0 Å². The number of rotatable bonds is 19. The van der Waals surface area contributed by atoms with Crippen LogP contribution in [0.2, 0.25) is 0 Å². The van der Waals surface area contributed by atoms with Crippen LogP contribution in [0.25, 0.3) is 114 Å². The number of hydrogen-bond donors (Lipinski definition) is 0. The molecule has 24 aromatic carbocycles. The molecule has 0 bridgehead atoms. The van der Waals surface area contributed by atoms with E-state index in [-0.39, 0.29) is 0 Å². The van der Waals surface area contributed by atoms with Gasteiger partial charge >= 0.3 is 0 Å². The second-order valence-electron chi connectivity index (χ2n) is 34.0. The number of benzene rings is 24. The molecular formula is C124H87N5Si2. The van der Waals surface area contributed by atoms with Gasteiger partial charge in [-0.1, -0.05) is 419 Å². The van der Waals surface area contributed by atoms with Gasteiger partial charge in [0.25, 0.3) is 16.5 Å². The van der Waals surface area contributed by atoms with Crippen LogP contribution >= 0.6 is 0 Å². The molecule has 616 valence electrons. The predicted octanol–water partition coefficient (Wildman–Crippen LogP) is 29.1. The molecule has 0 saturated carbocycles. The first kappa shape index (κ1) is 77.8. The quantitative estimate of drug-likeness (QED) is 0.0264. The monoisotopic (exact) mass is 1700 g/mol. The molecule has 0 fully saturated rings. The van der Waals surface area contributed by atoms with Crippen LogP contribution in [0, 0.1) is 0 Å². The summed E-state index contributed by atoms with van der Waals surface area (Å²) in [6, 6.07) is 196. The highest BCUT2D eigenvalue weighted by atomic mass is 28.3. The molecular weight excluding hydrogens is 1620 g/mol. The third-order valence-corrected chi connectivity index (χ3v) is 36.3. The summed E-state index contributed by atoms with van der Waals surface area (Å²) in [7, 11) is -6.49. The van der Waals surface area contributed by atoms with Gasteiger partial charge in [0.15, 0.2) is 0 Å². The topological polar surface area (TPSA) is 17.9 Å². The van der Waals surface area contributed by atoms with Crippen molar-refractivity contribution in [1.82, 2.24) is 4.57 Å². The molecule has 25 aromatic rings. The maximum Gasteiger partial charge on any atom is 0.257 e. The number of fused-ring (bicyclic) bond motifs is 5. The first-order valence-corrected chi connectivity index (χ1v) is 49.1. The average molecular weight is 1700 g/mol. The number of nitrogens with zero attached hydrogens (tertiary/aromatic N) is 5. The fourth-order valence-electron chi connectivity index (χ4n) is 21.5. The lowest BCUT2D eigenvalue weighted by atomic mass is 9.93. The molecule has 5 nitrogen and oxygen atoms in total. The second kappa shape index (κ2) is 32.9. The fourth-order valence-corrected chi connectivity index (χ4v) is 31.3. The van der Waals surface area contributed by atoms with E-state index in [1.54, 1.807) is 0 Å². The van der Waals surface area contributed by atoms with Gasteiger partial charge in [0.05, 0.1) is 22.4 Å². The summed E-state index contributed by atoms with van der Waals surface area (Å²) < 4.78 is 7.99. The van der Waals surface area contributed by atoms with E-state index < -0.39 is 16.5 Å². The Morgan fingerprint density at radius 3 is 0.702 bits per heavy atom. The van der Waals surface area contributed by atoms with Crippen molar-refractivity contribution >= 4 is 212 Å². The van der Waals surface area contributed by atoms with Crippen molar-refractivity contribution in [1.29, 1.82) is 0 Å².